The van der Waals surface area contributed by atoms with E-state index >= 15 is 0 Å². The Morgan fingerprint density at radius 2 is 2.15 bits per heavy atom. The van der Waals surface area contributed by atoms with Crippen molar-refractivity contribution in [1.29, 1.82) is 0 Å². The summed E-state index contributed by atoms with van der Waals surface area (Å²) in [6.45, 7) is 2.92. The monoisotopic (exact) mass is 312 g/mol. The second-order valence-corrected chi connectivity index (χ2v) is 5.56. The molecule has 3 N–H and O–H groups in total. The van der Waals surface area contributed by atoms with Gasteiger partial charge in [-0.1, -0.05) is 29.3 Å². The maximum atomic E-state index is 6.19. The highest BCUT2D eigenvalue weighted by molar-refractivity contribution is 6.35. The summed E-state index contributed by atoms with van der Waals surface area (Å²) in [5.74, 6) is 5.64. The van der Waals surface area contributed by atoms with E-state index in [1.807, 2.05) is 29.2 Å². The Morgan fingerprint density at radius 3 is 2.75 bits per heavy atom. The van der Waals surface area contributed by atoms with Crippen LogP contribution in [-0.2, 0) is 19.4 Å². The van der Waals surface area contributed by atoms with E-state index in [2.05, 4.69) is 17.4 Å². The Labute approximate surface area is 128 Å². The Hall–Kier alpha value is -1.07. The Kier molecular flexibility index (Phi) is 5.43. The maximum absolute atomic E-state index is 6.19. The van der Waals surface area contributed by atoms with Gasteiger partial charge in [-0.15, -0.1) is 0 Å². The number of hydrogen-bond acceptors (Lipinski definition) is 3. The number of halogens is 2. The van der Waals surface area contributed by atoms with Crippen molar-refractivity contribution in [3.63, 3.8) is 0 Å². The molecule has 0 saturated carbocycles. The molecule has 0 spiro atoms. The summed E-state index contributed by atoms with van der Waals surface area (Å²) in [5, 5.41) is 5.57. The molecule has 1 unspecified atom stereocenters. The predicted octanol–water partition coefficient (Wildman–Crippen LogP) is 2.83. The van der Waals surface area contributed by atoms with Crippen LogP contribution in [0.5, 0.6) is 0 Å². The van der Waals surface area contributed by atoms with Crippen LogP contribution in [-0.4, -0.2) is 15.8 Å². The third kappa shape index (κ3) is 3.96. The van der Waals surface area contributed by atoms with Gasteiger partial charge in [0.25, 0.3) is 0 Å². The first-order chi connectivity index (χ1) is 9.62. The fourth-order valence-corrected chi connectivity index (χ4v) is 2.60. The largest absolute Gasteiger partial charge is 0.273 e. The van der Waals surface area contributed by atoms with E-state index < -0.39 is 0 Å². The molecule has 6 heteroatoms. The Balaban J connectivity index is 2.04. The second-order valence-electron chi connectivity index (χ2n) is 4.71. The number of aromatic nitrogens is 2. The summed E-state index contributed by atoms with van der Waals surface area (Å²) >= 11 is 12.1. The number of hydrogen-bond donors (Lipinski definition) is 2. The maximum Gasteiger partial charge on any atom is 0.0522 e. The van der Waals surface area contributed by atoms with Crippen LogP contribution in [0.2, 0.25) is 10.0 Å². The molecule has 108 valence electrons. The molecule has 0 aliphatic carbocycles. The minimum Gasteiger partial charge on any atom is -0.273 e. The van der Waals surface area contributed by atoms with Crippen LogP contribution in [0.4, 0.5) is 0 Å². The highest BCUT2D eigenvalue weighted by Crippen LogP contribution is 2.22. The number of nitrogens with one attached hydrogen (secondary N) is 1. The third-order valence-corrected chi connectivity index (χ3v) is 3.80. The van der Waals surface area contributed by atoms with Gasteiger partial charge in [0, 0.05) is 28.8 Å². The van der Waals surface area contributed by atoms with Crippen LogP contribution < -0.4 is 11.3 Å². The van der Waals surface area contributed by atoms with Gasteiger partial charge in [-0.3, -0.25) is 16.0 Å². The van der Waals surface area contributed by atoms with E-state index in [-0.39, 0.29) is 6.04 Å². The minimum absolute atomic E-state index is 0.100. The van der Waals surface area contributed by atoms with Gasteiger partial charge < -0.3 is 0 Å². The van der Waals surface area contributed by atoms with Crippen LogP contribution in [0.3, 0.4) is 0 Å². The van der Waals surface area contributed by atoms with Crippen molar-refractivity contribution in [2.75, 3.05) is 0 Å². The lowest BCUT2D eigenvalue weighted by molar-refractivity contribution is 0.522. The van der Waals surface area contributed by atoms with Crippen molar-refractivity contribution in [2.24, 2.45) is 5.84 Å². The van der Waals surface area contributed by atoms with Gasteiger partial charge in [-0.2, -0.15) is 5.10 Å². The molecule has 0 aliphatic rings. The standard InChI is InChI=1S/C14H18Cl2N4/c1-2-20-9-10(8-18-20)5-13(19-17)6-11-3-4-12(15)7-14(11)16/h3-4,7-9,13,19H,2,5-6,17H2,1H3. The van der Waals surface area contributed by atoms with Gasteiger partial charge in [-0.05, 0) is 43.0 Å². The van der Waals surface area contributed by atoms with Crippen molar-refractivity contribution >= 4 is 23.2 Å². The summed E-state index contributed by atoms with van der Waals surface area (Å²) in [6.07, 6.45) is 5.45. The van der Waals surface area contributed by atoms with E-state index in [1.165, 1.54) is 0 Å². The number of nitrogens with zero attached hydrogens (tertiary/aromatic N) is 2. The first-order valence-corrected chi connectivity index (χ1v) is 7.29. The molecule has 4 nitrogen and oxygen atoms in total. The molecule has 0 amide bonds. The van der Waals surface area contributed by atoms with Crippen molar-refractivity contribution in [1.82, 2.24) is 15.2 Å². The number of rotatable bonds is 6. The first-order valence-electron chi connectivity index (χ1n) is 6.53. The molecule has 0 radical (unpaired) electrons. The van der Waals surface area contributed by atoms with E-state index in [0.717, 1.165) is 30.5 Å². The first kappa shape index (κ1) is 15.3. The van der Waals surface area contributed by atoms with Crippen molar-refractivity contribution in [3.05, 3.63) is 51.8 Å². The second kappa shape index (κ2) is 7.09. The summed E-state index contributed by atoms with van der Waals surface area (Å²) in [7, 11) is 0. The molecule has 1 heterocycles. The third-order valence-electron chi connectivity index (χ3n) is 3.21. The Bertz CT molecular complexity index is 568. The molecule has 20 heavy (non-hydrogen) atoms. The van der Waals surface area contributed by atoms with Crippen molar-refractivity contribution in [3.8, 4) is 0 Å². The smallest absolute Gasteiger partial charge is 0.0522 e. The van der Waals surface area contributed by atoms with Crippen LogP contribution in [0, 0.1) is 0 Å². The fourth-order valence-electron chi connectivity index (χ4n) is 2.11. The molecule has 0 aliphatic heterocycles. The molecule has 0 saturated heterocycles. The van der Waals surface area contributed by atoms with Gasteiger partial charge >= 0.3 is 0 Å². The number of nitrogens with two attached hydrogens (primary N) is 1. The van der Waals surface area contributed by atoms with Gasteiger partial charge in [0.2, 0.25) is 0 Å². The lowest BCUT2D eigenvalue weighted by Gasteiger charge is -2.16. The number of benzene rings is 1. The van der Waals surface area contributed by atoms with Gasteiger partial charge in [-0.25, -0.2) is 0 Å². The summed E-state index contributed by atoms with van der Waals surface area (Å²) in [5.41, 5.74) is 5.02. The van der Waals surface area contributed by atoms with E-state index in [1.54, 1.807) is 6.07 Å². The predicted molar refractivity (Wildman–Crippen MR) is 82.9 cm³/mol. The highest BCUT2D eigenvalue weighted by atomic mass is 35.5. The molecule has 0 fully saturated rings. The van der Waals surface area contributed by atoms with E-state index in [4.69, 9.17) is 29.0 Å². The summed E-state index contributed by atoms with van der Waals surface area (Å²) < 4.78 is 1.90. The molecular formula is C14H18Cl2N4. The molecule has 1 aromatic carbocycles. The minimum atomic E-state index is 0.100. The average molecular weight is 313 g/mol. The van der Waals surface area contributed by atoms with Crippen LogP contribution in [0.25, 0.3) is 0 Å². The topological polar surface area (TPSA) is 55.9 Å². The number of aryl methyl sites for hydroxylation is 1. The lowest BCUT2D eigenvalue weighted by atomic mass is 10.0. The molecule has 2 aromatic rings. The molecular weight excluding hydrogens is 295 g/mol. The average Bonchev–Trinajstić information content (AvgIpc) is 2.88. The molecule has 1 aromatic heterocycles. The normalized spacial score (nSPS) is 12.6. The van der Waals surface area contributed by atoms with Gasteiger partial charge in [0.15, 0.2) is 0 Å². The SMILES string of the molecule is CCn1cc(CC(Cc2ccc(Cl)cc2Cl)NN)cn1. The van der Waals surface area contributed by atoms with Crippen LogP contribution >= 0.6 is 23.2 Å². The number of hydrazine groups is 1. The molecule has 1 atom stereocenters. The van der Waals surface area contributed by atoms with E-state index in [9.17, 15) is 0 Å². The molecule has 2 rings (SSSR count). The Morgan fingerprint density at radius 1 is 1.35 bits per heavy atom. The highest BCUT2D eigenvalue weighted by Gasteiger charge is 2.12. The van der Waals surface area contributed by atoms with Crippen LogP contribution in [0.15, 0.2) is 30.6 Å². The van der Waals surface area contributed by atoms with E-state index in [0.29, 0.717) is 10.0 Å². The van der Waals surface area contributed by atoms with Crippen molar-refractivity contribution in [2.45, 2.75) is 32.4 Å². The summed E-state index contributed by atoms with van der Waals surface area (Å²) in [4.78, 5) is 0. The fraction of sp³-hybridized carbons (Fsp3) is 0.357. The summed E-state index contributed by atoms with van der Waals surface area (Å²) in [6, 6.07) is 5.63. The van der Waals surface area contributed by atoms with Gasteiger partial charge in [0.1, 0.15) is 0 Å². The van der Waals surface area contributed by atoms with Gasteiger partial charge in [0.05, 0.1) is 6.20 Å². The zero-order valence-corrected chi connectivity index (χ0v) is 12.8. The molecule has 0 bridgehead atoms. The van der Waals surface area contributed by atoms with Crippen LogP contribution in [0.1, 0.15) is 18.1 Å². The lowest BCUT2D eigenvalue weighted by Crippen LogP contribution is -2.38. The quantitative estimate of drug-likeness (QED) is 0.637. The van der Waals surface area contributed by atoms with Crippen molar-refractivity contribution < 1.29 is 0 Å². The zero-order valence-electron chi connectivity index (χ0n) is 11.3. The zero-order chi connectivity index (χ0) is 14.5.